The van der Waals surface area contributed by atoms with Crippen molar-refractivity contribution in [3.63, 3.8) is 0 Å². The summed E-state index contributed by atoms with van der Waals surface area (Å²) in [5.74, 6) is -0.00449. The van der Waals surface area contributed by atoms with Crippen LogP contribution in [0.1, 0.15) is 66.5 Å². The van der Waals surface area contributed by atoms with E-state index in [4.69, 9.17) is 5.10 Å². The summed E-state index contributed by atoms with van der Waals surface area (Å²) >= 11 is 0. The Morgan fingerprint density at radius 2 is 1.78 bits per heavy atom. The first-order chi connectivity index (χ1) is 17.1. The third kappa shape index (κ3) is 4.35. The van der Waals surface area contributed by atoms with Crippen LogP contribution in [0.2, 0.25) is 0 Å². The second kappa shape index (κ2) is 8.94. The molecule has 3 aromatic rings. The summed E-state index contributed by atoms with van der Waals surface area (Å²) in [6.45, 7) is 4.92. The first-order valence-electron chi connectivity index (χ1n) is 12.0. The predicted octanol–water partition coefficient (Wildman–Crippen LogP) is 4.52. The first kappa shape index (κ1) is 24.3. The topological polar surface area (TPSA) is 115 Å². The van der Waals surface area contributed by atoms with Gasteiger partial charge in [-0.3, -0.25) is 19.6 Å². The number of fused-ring (bicyclic) bond motifs is 1. The normalized spacial score (nSPS) is 19.8. The number of carbonyl (C=O) groups excluding carboxylic acids is 1. The van der Waals surface area contributed by atoms with E-state index < -0.39 is 21.0 Å². The van der Waals surface area contributed by atoms with Gasteiger partial charge in [0.1, 0.15) is 0 Å². The lowest BCUT2D eigenvalue weighted by Gasteiger charge is -2.30. The molecule has 0 saturated carbocycles. The molecule has 2 heterocycles. The number of benzene rings is 2. The zero-order chi connectivity index (χ0) is 25.7. The van der Waals surface area contributed by atoms with Crippen LogP contribution in [0.25, 0.3) is 0 Å². The zero-order valence-electron chi connectivity index (χ0n) is 20.3. The van der Waals surface area contributed by atoms with Crippen molar-refractivity contribution in [1.29, 1.82) is 0 Å². The number of hydrogen-bond acceptors (Lipinski definition) is 6. The minimum absolute atomic E-state index is 0.00449. The molecule has 188 valence electrons. The fourth-order valence-corrected chi connectivity index (χ4v) is 7.00. The number of nitrogens with zero attached hydrogens (tertiary/aromatic N) is 4. The highest BCUT2D eigenvalue weighted by molar-refractivity contribution is 7.89. The molecule has 1 saturated heterocycles. The molecule has 0 spiro atoms. The van der Waals surface area contributed by atoms with Gasteiger partial charge >= 0.3 is 0 Å². The van der Waals surface area contributed by atoms with Crippen molar-refractivity contribution in [2.45, 2.75) is 57.0 Å². The number of aromatic nitrogens is 2. The molecule has 0 radical (unpaired) electrons. The summed E-state index contributed by atoms with van der Waals surface area (Å²) in [5.41, 5.74) is 2.59. The maximum absolute atomic E-state index is 13.6. The molecular weight excluding hydrogens is 480 g/mol. The fraction of sp³-hybridized carbons (Fsp3) is 0.385. The molecule has 1 fully saturated rings. The third-order valence-corrected chi connectivity index (χ3v) is 8.92. The Morgan fingerprint density at radius 3 is 2.44 bits per heavy atom. The van der Waals surface area contributed by atoms with E-state index in [1.165, 1.54) is 28.6 Å². The zero-order valence-corrected chi connectivity index (χ0v) is 21.1. The Hall–Kier alpha value is -3.37. The van der Waals surface area contributed by atoms with Crippen molar-refractivity contribution in [2.75, 3.05) is 6.54 Å². The molecule has 0 bridgehead atoms. The number of ketones is 1. The van der Waals surface area contributed by atoms with Crippen molar-refractivity contribution in [2.24, 2.45) is 5.41 Å². The second-order valence-corrected chi connectivity index (χ2v) is 12.2. The van der Waals surface area contributed by atoms with Crippen molar-refractivity contribution < 1.29 is 18.1 Å². The molecule has 2 aromatic carbocycles. The van der Waals surface area contributed by atoms with Gasteiger partial charge in [-0.1, -0.05) is 44.2 Å². The maximum Gasteiger partial charge on any atom is 0.269 e. The Kier molecular flexibility index (Phi) is 6.04. The van der Waals surface area contributed by atoms with Gasteiger partial charge in [-0.05, 0) is 42.4 Å². The van der Waals surface area contributed by atoms with Gasteiger partial charge in [0.15, 0.2) is 5.78 Å². The lowest BCUT2D eigenvalue weighted by atomic mass is 9.75. The van der Waals surface area contributed by atoms with Crippen LogP contribution in [0.4, 0.5) is 5.69 Å². The molecule has 1 atom stereocenters. The van der Waals surface area contributed by atoms with Crippen LogP contribution in [-0.2, 0) is 23.0 Å². The van der Waals surface area contributed by atoms with Gasteiger partial charge in [0.05, 0.1) is 39.4 Å². The summed E-state index contributed by atoms with van der Waals surface area (Å²) in [5, 5.41) is 15.9. The van der Waals surface area contributed by atoms with Crippen molar-refractivity contribution in [3.05, 3.63) is 87.2 Å². The van der Waals surface area contributed by atoms with Crippen molar-refractivity contribution in [3.8, 4) is 0 Å². The SMILES string of the molecule is CC1(C)CC(=O)c2c([C@@H]3CCCN3S(=O)(=O)c3ccc([N+](=O)[O-])cc3)nn(Cc3ccccc3)c2C1. The quantitative estimate of drug-likeness (QED) is 0.357. The number of nitro benzene ring substituents is 1. The van der Waals surface area contributed by atoms with Gasteiger partial charge in [0.2, 0.25) is 10.0 Å². The standard InChI is InChI=1S/C26H28N4O5S/c1-26(2)15-22-24(23(31)16-26)25(27-28(22)17-18-7-4-3-5-8-18)21-9-6-14-29(21)36(34,35)20-12-10-19(11-13-20)30(32)33/h3-5,7-8,10-13,21H,6,9,14-17H2,1-2H3/t21-/m0/s1. The van der Waals surface area contributed by atoms with Crippen LogP contribution in [0.5, 0.6) is 0 Å². The number of sulfonamides is 1. The fourth-order valence-electron chi connectivity index (χ4n) is 5.34. The molecule has 9 nitrogen and oxygen atoms in total. The van der Waals surface area contributed by atoms with Gasteiger partial charge < -0.3 is 0 Å². The first-order valence-corrected chi connectivity index (χ1v) is 13.4. The molecule has 36 heavy (non-hydrogen) atoms. The molecule has 10 heteroatoms. The van der Waals surface area contributed by atoms with Gasteiger partial charge in [0.25, 0.3) is 5.69 Å². The highest BCUT2D eigenvalue weighted by Crippen LogP contribution is 2.43. The lowest BCUT2D eigenvalue weighted by Crippen LogP contribution is -2.33. The van der Waals surface area contributed by atoms with E-state index >= 15 is 0 Å². The van der Waals surface area contributed by atoms with Crippen LogP contribution >= 0.6 is 0 Å². The van der Waals surface area contributed by atoms with Crippen LogP contribution in [-0.4, -0.2) is 39.8 Å². The van der Waals surface area contributed by atoms with Gasteiger partial charge in [-0.2, -0.15) is 9.40 Å². The van der Waals surface area contributed by atoms with Crippen LogP contribution < -0.4 is 0 Å². The number of hydrogen-bond donors (Lipinski definition) is 0. The number of non-ortho nitro benzene ring substituents is 1. The van der Waals surface area contributed by atoms with E-state index in [0.29, 0.717) is 50.0 Å². The third-order valence-electron chi connectivity index (χ3n) is 7.00. The van der Waals surface area contributed by atoms with Crippen LogP contribution in [0.15, 0.2) is 59.5 Å². The molecule has 0 N–H and O–H groups in total. The number of Topliss-reactive ketones (excluding diaryl/α,β-unsaturated/α-hetero) is 1. The Bertz CT molecular complexity index is 1430. The maximum atomic E-state index is 13.6. The smallest absolute Gasteiger partial charge is 0.269 e. The van der Waals surface area contributed by atoms with E-state index in [9.17, 15) is 23.3 Å². The van der Waals surface area contributed by atoms with E-state index in [1.54, 1.807) is 0 Å². The van der Waals surface area contributed by atoms with Gasteiger partial charge in [0, 0.05) is 25.1 Å². The summed E-state index contributed by atoms with van der Waals surface area (Å²) in [4.78, 5) is 23.8. The Balaban J connectivity index is 1.56. The minimum atomic E-state index is -3.94. The van der Waals surface area contributed by atoms with E-state index in [0.717, 1.165) is 11.3 Å². The van der Waals surface area contributed by atoms with Gasteiger partial charge in [-0.25, -0.2) is 8.42 Å². The predicted molar refractivity (Wildman–Crippen MR) is 133 cm³/mol. The summed E-state index contributed by atoms with van der Waals surface area (Å²) < 4.78 is 30.4. The average molecular weight is 509 g/mol. The highest BCUT2D eigenvalue weighted by Gasteiger charge is 2.43. The van der Waals surface area contributed by atoms with E-state index in [1.807, 2.05) is 35.0 Å². The number of rotatable bonds is 6. The largest absolute Gasteiger partial charge is 0.294 e. The summed E-state index contributed by atoms with van der Waals surface area (Å²) in [6.07, 6.45) is 2.25. The molecule has 0 unspecified atom stereocenters. The molecule has 0 amide bonds. The summed E-state index contributed by atoms with van der Waals surface area (Å²) in [7, 11) is -3.94. The minimum Gasteiger partial charge on any atom is -0.294 e. The molecule has 1 aromatic heterocycles. The number of nitro groups is 1. The molecule has 1 aliphatic heterocycles. The van der Waals surface area contributed by atoms with Crippen LogP contribution in [0, 0.1) is 15.5 Å². The van der Waals surface area contributed by atoms with Crippen molar-refractivity contribution in [1.82, 2.24) is 14.1 Å². The van der Waals surface area contributed by atoms with Crippen molar-refractivity contribution >= 4 is 21.5 Å². The average Bonchev–Trinajstić information content (AvgIpc) is 3.45. The Labute approximate surface area is 209 Å². The second-order valence-electron chi connectivity index (χ2n) is 10.3. The highest BCUT2D eigenvalue weighted by atomic mass is 32.2. The summed E-state index contributed by atoms with van der Waals surface area (Å²) in [6, 6.07) is 14.2. The molecule has 2 aliphatic rings. The molecule has 5 rings (SSSR count). The van der Waals surface area contributed by atoms with Gasteiger partial charge in [-0.15, -0.1) is 0 Å². The lowest BCUT2D eigenvalue weighted by molar-refractivity contribution is -0.384. The van der Waals surface area contributed by atoms with E-state index in [-0.39, 0.29) is 21.8 Å². The number of carbonyl (C=O) groups is 1. The van der Waals surface area contributed by atoms with Crippen LogP contribution in [0.3, 0.4) is 0 Å². The Morgan fingerprint density at radius 1 is 1.08 bits per heavy atom. The molecular formula is C26H28N4O5S. The molecule has 1 aliphatic carbocycles. The monoisotopic (exact) mass is 508 g/mol. The van der Waals surface area contributed by atoms with E-state index in [2.05, 4.69) is 13.8 Å².